The number of fused-ring (bicyclic) bond motifs is 1. The molecule has 1 aromatic rings. The Kier molecular flexibility index (Phi) is 6.01. The molecule has 2 amide bonds. The van der Waals surface area contributed by atoms with Gasteiger partial charge in [-0.05, 0) is 13.8 Å². The number of β-lactam (4-membered cyclic amide) rings is 1. The number of hydrogen-bond donors (Lipinski definition) is 2. The number of rotatable bonds is 7. The Morgan fingerprint density at radius 2 is 2.06 bits per heavy atom. The third-order valence-electron chi connectivity index (χ3n) is 4.84. The lowest BCUT2D eigenvalue weighted by Crippen LogP contribution is -2.70. The summed E-state index contributed by atoms with van der Waals surface area (Å²) < 4.78 is 6.04. The molecule has 2 unspecified atom stereocenters. The van der Waals surface area contributed by atoms with E-state index in [9.17, 15) is 34.4 Å². The highest BCUT2D eigenvalue weighted by atomic mass is 32.2. The number of carbonyl (C=O) groups is 4. The molecule has 0 saturated carbocycles. The maximum Gasteiger partial charge on any atom is 0.352 e. The molecule has 1 aromatic heterocycles. The fourth-order valence-corrected chi connectivity index (χ4v) is 4.77. The van der Waals surface area contributed by atoms with E-state index in [1.165, 1.54) is 37.2 Å². The smallest absolute Gasteiger partial charge is 0.352 e. The Balaban J connectivity index is 1.71. The second-order valence-corrected chi connectivity index (χ2v) is 8.03. The van der Waals surface area contributed by atoms with Gasteiger partial charge in [0.15, 0.2) is 0 Å². The number of nitrogens with zero attached hydrogens (tertiary/aromatic N) is 4. The summed E-state index contributed by atoms with van der Waals surface area (Å²) in [4.78, 5) is 59.3. The minimum absolute atomic E-state index is 0.167. The highest BCUT2D eigenvalue weighted by Crippen LogP contribution is 2.40. The van der Waals surface area contributed by atoms with E-state index >= 15 is 0 Å². The largest absolute Gasteiger partial charge is 0.477 e. The van der Waals surface area contributed by atoms with Crippen LogP contribution in [0, 0.1) is 24.0 Å². The van der Waals surface area contributed by atoms with Crippen molar-refractivity contribution in [2.75, 3.05) is 12.4 Å². The molecule has 31 heavy (non-hydrogen) atoms. The highest BCUT2D eigenvalue weighted by molar-refractivity contribution is 8.00. The topological polar surface area (TPSA) is 174 Å². The third kappa shape index (κ3) is 4.10. The molecule has 3 rings (SSSR count). The molecular weight excluding hydrogens is 434 g/mol. The second kappa shape index (κ2) is 8.37. The van der Waals surface area contributed by atoms with Crippen LogP contribution in [0.5, 0.6) is 0 Å². The van der Waals surface area contributed by atoms with E-state index in [1.54, 1.807) is 0 Å². The lowest BCUT2D eigenvalue weighted by Gasteiger charge is -2.49. The zero-order chi connectivity index (χ0) is 23.0. The van der Waals surface area contributed by atoms with Gasteiger partial charge in [0.2, 0.25) is 5.91 Å². The first kappa shape index (κ1) is 22.3. The average molecular weight is 453 g/mol. The van der Waals surface area contributed by atoms with Gasteiger partial charge in [0.25, 0.3) is 5.91 Å². The number of carboxylic acids is 1. The minimum Gasteiger partial charge on any atom is -0.477 e. The van der Waals surface area contributed by atoms with Gasteiger partial charge in [0.05, 0.1) is 4.92 Å². The number of aryl methyl sites for hydroxylation is 1. The van der Waals surface area contributed by atoms with Crippen LogP contribution >= 0.6 is 11.8 Å². The molecule has 0 radical (unpaired) electrons. The maximum absolute atomic E-state index is 12.6. The van der Waals surface area contributed by atoms with E-state index in [-0.39, 0.29) is 47.2 Å². The molecule has 0 spiro atoms. The number of carboxylic acid groups (broad SMARTS) is 1. The number of hydrogen-bond acceptors (Lipinski definition) is 9. The summed E-state index contributed by atoms with van der Waals surface area (Å²) in [7, 11) is 0. The number of esters is 1. The summed E-state index contributed by atoms with van der Waals surface area (Å²) >= 11 is 1.23. The summed E-state index contributed by atoms with van der Waals surface area (Å²) in [6, 6.07) is -0.950. The number of amides is 2. The van der Waals surface area contributed by atoms with Gasteiger partial charge in [-0.25, -0.2) is 4.79 Å². The van der Waals surface area contributed by atoms with Crippen LogP contribution in [0.1, 0.15) is 18.3 Å². The summed E-state index contributed by atoms with van der Waals surface area (Å²) in [6.45, 7) is 3.54. The molecular formula is C17H19N5O8S. The van der Waals surface area contributed by atoms with Crippen LogP contribution in [-0.4, -0.2) is 72.2 Å². The quantitative estimate of drug-likeness (QED) is 0.242. The molecule has 3 heterocycles. The number of aromatic nitrogens is 2. The van der Waals surface area contributed by atoms with Crippen molar-refractivity contribution in [2.45, 2.75) is 38.7 Å². The lowest BCUT2D eigenvalue weighted by molar-refractivity contribution is -0.386. The third-order valence-corrected chi connectivity index (χ3v) is 6.17. The van der Waals surface area contributed by atoms with Crippen LogP contribution in [0.15, 0.2) is 11.3 Å². The summed E-state index contributed by atoms with van der Waals surface area (Å²) in [6.07, 6.45) is 0. The summed E-state index contributed by atoms with van der Waals surface area (Å²) in [5.74, 6) is -2.90. The van der Waals surface area contributed by atoms with Gasteiger partial charge >= 0.3 is 17.6 Å². The van der Waals surface area contributed by atoms with E-state index in [1.807, 2.05) is 0 Å². The Labute approximate surface area is 179 Å². The van der Waals surface area contributed by atoms with E-state index in [2.05, 4.69) is 10.4 Å². The first-order valence-electron chi connectivity index (χ1n) is 9.04. The van der Waals surface area contributed by atoms with Crippen molar-refractivity contribution in [3.8, 4) is 0 Å². The van der Waals surface area contributed by atoms with Crippen molar-refractivity contribution in [3.05, 3.63) is 32.8 Å². The number of thioether (sulfide) groups is 1. The van der Waals surface area contributed by atoms with Gasteiger partial charge in [-0.2, -0.15) is 5.10 Å². The monoisotopic (exact) mass is 453 g/mol. The molecule has 14 heteroatoms. The molecule has 2 aliphatic rings. The van der Waals surface area contributed by atoms with Crippen LogP contribution < -0.4 is 5.32 Å². The number of carbonyl (C=O) groups excluding carboxylic acids is 3. The molecule has 0 bridgehead atoms. The van der Waals surface area contributed by atoms with Gasteiger partial charge in [-0.15, -0.1) is 11.8 Å². The Morgan fingerprint density at radius 1 is 1.39 bits per heavy atom. The molecule has 0 aromatic carbocycles. The zero-order valence-electron chi connectivity index (χ0n) is 16.8. The Hall–Kier alpha value is -3.42. The van der Waals surface area contributed by atoms with Crippen LogP contribution in [0.3, 0.4) is 0 Å². The van der Waals surface area contributed by atoms with Gasteiger partial charge < -0.3 is 15.2 Å². The number of ether oxygens (including phenoxy) is 1. The van der Waals surface area contributed by atoms with Crippen LogP contribution in [0.25, 0.3) is 0 Å². The number of aliphatic carboxylic acids is 1. The SMILES string of the molecule is CC(=O)OCC1=C(C(=O)O)N2C(=O)C(NC(=O)Cn3nc(C)c([N+](=O)[O-])c3C)C2SC1. The molecule has 1 saturated heterocycles. The molecule has 2 aliphatic heterocycles. The van der Waals surface area contributed by atoms with Crippen LogP contribution in [-0.2, 0) is 30.5 Å². The van der Waals surface area contributed by atoms with Gasteiger partial charge in [-0.3, -0.25) is 34.1 Å². The number of nitro groups is 1. The summed E-state index contributed by atoms with van der Waals surface area (Å²) in [5, 5.41) is 26.5. The first-order chi connectivity index (χ1) is 14.5. The Morgan fingerprint density at radius 3 is 2.61 bits per heavy atom. The standard InChI is InChI=1S/C17H19N5O8S/c1-7-13(22(28)29)8(2)20(19-7)4-11(24)18-12-15(25)21-14(17(26)27)10(5-30-9(3)23)6-31-16(12)21/h12,16H,4-6H2,1-3H3,(H,18,24)(H,26,27). The van der Waals surface area contributed by atoms with Gasteiger partial charge in [0.1, 0.15) is 41.7 Å². The predicted octanol–water partition coefficient (Wildman–Crippen LogP) is -0.290. The molecule has 0 aliphatic carbocycles. The predicted molar refractivity (Wildman–Crippen MR) is 105 cm³/mol. The molecule has 2 atom stereocenters. The van der Waals surface area contributed by atoms with Crippen molar-refractivity contribution in [3.63, 3.8) is 0 Å². The number of nitrogens with one attached hydrogen (secondary N) is 1. The van der Waals surface area contributed by atoms with E-state index in [0.29, 0.717) is 0 Å². The van der Waals surface area contributed by atoms with E-state index in [4.69, 9.17) is 4.74 Å². The minimum atomic E-state index is -1.33. The van der Waals surface area contributed by atoms with E-state index in [0.717, 1.165) is 4.90 Å². The molecule has 1 fully saturated rings. The van der Waals surface area contributed by atoms with Crippen molar-refractivity contribution in [1.82, 2.24) is 20.0 Å². The van der Waals surface area contributed by atoms with E-state index < -0.39 is 40.1 Å². The van der Waals surface area contributed by atoms with Crippen molar-refractivity contribution >= 4 is 41.2 Å². The first-order valence-corrected chi connectivity index (χ1v) is 10.1. The second-order valence-electron chi connectivity index (χ2n) is 6.93. The fourth-order valence-electron chi connectivity index (χ4n) is 3.44. The van der Waals surface area contributed by atoms with Gasteiger partial charge in [0, 0.05) is 18.2 Å². The molecule has 13 nitrogen and oxygen atoms in total. The average Bonchev–Trinajstić information content (AvgIpc) is 2.96. The van der Waals surface area contributed by atoms with Gasteiger partial charge in [-0.1, -0.05) is 0 Å². The lowest BCUT2D eigenvalue weighted by atomic mass is 10.0. The zero-order valence-corrected chi connectivity index (χ0v) is 17.6. The maximum atomic E-state index is 12.6. The van der Waals surface area contributed by atoms with Crippen LogP contribution in [0.4, 0.5) is 5.69 Å². The normalized spacial score (nSPS) is 20.1. The van der Waals surface area contributed by atoms with Crippen molar-refractivity contribution < 1.29 is 33.9 Å². The summed E-state index contributed by atoms with van der Waals surface area (Å²) in [5.41, 5.74) is 0.225. The van der Waals surface area contributed by atoms with Crippen molar-refractivity contribution in [1.29, 1.82) is 0 Å². The molecule has 166 valence electrons. The van der Waals surface area contributed by atoms with Crippen molar-refractivity contribution in [2.24, 2.45) is 0 Å². The van der Waals surface area contributed by atoms with Crippen LogP contribution in [0.2, 0.25) is 0 Å². The fraction of sp³-hybridized carbons (Fsp3) is 0.471. The Bertz CT molecular complexity index is 1030. The highest BCUT2D eigenvalue weighted by Gasteiger charge is 2.54. The molecule has 2 N–H and O–H groups in total.